The maximum Gasteiger partial charge on any atom is 0.573 e. The van der Waals surface area contributed by atoms with Crippen molar-refractivity contribution in [2.45, 2.75) is 24.2 Å². The maximum atomic E-state index is 13.3. The van der Waals surface area contributed by atoms with E-state index in [4.69, 9.17) is 0 Å². The van der Waals surface area contributed by atoms with Crippen molar-refractivity contribution in [1.82, 2.24) is 4.90 Å². The summed E-state index contributed by atoms with van der Waals surface area (Å²) >= 11 is 0. The van der Waals surface area contributed by atoms with Gasteiger partial charge in [-0.25, -0.2) is 8.42 Å². The van der Waals surface area contributed by atoms with Crippen LogP contribution in [0.3, 0.4) is 0 Å². The van der Waals surface area contributed by atoms with Crippen LogP contribution in [0.4, 0.5) is 18.9 Å². The first kappa shape index (κ1) is 23.6. The van der Waals surface area contributed by atoms with Gasteiger partial charge in [0.15, 0.2) is 0 Å². The normalized spacial score (nSPS) is 13.5. The summed E-state index contributed by atoms with van der Waals surface area (Å²) in [7, 11) is -2.48. The van der Waals surface area contributed by atoms with Crippen molar-refractivity contribution in [1.29, 1.82) is 0 Å². The van der Waals surface area contributed by atoms with Gasteiger partial charge < -0.3 is 9.64 Å². The Kier molecular flexibility index (Phi) is 6.26. The molecule has 1 aliphatic rings. The largest absolute Gasteiger partial charge is 0.573 e. The van der Waals surface area contributed by atoms with Gasteiger partial charge in [0.25, 0.3) is 15.9 Å². The van der Waals surface area contributed by atoms with Gasteiger partial charge in [-0.05, 0) is 42.3 Å². The molecule has 6 nitrogen and oxygen atoms in total. The minimum atomic E-state index is -4.87. The Morgan fingerprint density at radius 2 is 1.74 bits per heavy atom. The highest BCUT2D eigenvalue weighted by atomic mass is 32.2. The van der Waals surface area contributed by atoms with E-state index < -0.39 is 28.0 Å². The predicted octanol–water partition coefficient (Wildman–Crippen LogP) is 4.61. The zero-order valence-corrected chi connectivity index (χ0v) is 18.9. The van der Waals surface area contributed by atoms with E-state index in [1.807, 2.05) is 12.1 Å². The maximum absolute atomic E-state index is 13.3. The summed E-state index contributed by atoms with van der Waals surface area (Å²) < 4.78 is 70.0. The number of carbonyl (C=O) groups is 1. The van der Waals surface area contributed by atoms with E-state index in [0.717, 1.165) is 5.56 Å². The van der Waals surface area contributed by atoms with Crippen LogP contribution in [0.2, 0.25) is 0 Å². The summed E-state index contributed by atoms with van der Waals surface area (Å²) in [5.74, 6) is -0.945. The zero-order valence-electron chi connectivity index (χ0n) is 18.1. The quantitative estimate of drug-likeness (QED) is 0.506. The van der Waals surface area contributed by atoms with Crippen LogP contribution in [0, 0.1) is 0 Å². The number of carbonyl (C=O) groups excluding carboxylic acids is 1. The molecule has 0 atom stereocenters. The Morgan fingerprint density at radius 1 is 1.03 bits per heavy atom. The van der Waals surface area contributed by atoms with Gasteiger partial charge in [0.2, 0.25) is 0 Å². The van der Waals surface area contributed by atoms with Crippen molar-refractivity contribution in [3.63, 3.8) is 0 Å². The Labute approximate surface area is 195 Å². The Hall–Kier alpha value is -3.53. The van der Waals surface area contributed by atoms with Crippen molar-refractivity contribution >= 4 is 21.6 Å². The minimum Gasteiger partial charge on any atom is -0.405 e. The molecular weight excluding hydrogens is 469 g/mol. The van der Waals surface area contributed by atoms with Crippen molar-refractivity contribution in [2.75, 3.05) is 17.9 Å². The van der Waals surface area contributed by atoms with Crippen molar-refractivity contribution in [2.24, 2.45) is 0 Å². The van der Waals surface area contributed by atoms with Gasteiger partial charge in [0, 0.05) is 31.3 Å². The second kappa shape index (κ2) is 9.02. The van der Waals surface area contributed by atoms with Gasteiger partial charge in [-0.15, -0.1) is 13.2 Å². The number of halogens is 3. The minimum absolute atomic E-state index is 0.0377. The number of sulfonamides is 1. The second-order valence-electron chi connectivity index (χ2n) is 7.80. The number of benzene rings is 3. The molecule has 0 unspecified atom stereocenters. The van der Waals surface area contributed by atoms with Crippen LogP contribution in [0.5, 0.6) is 5.75 Å². The van der Waals surface area contributed by atoms with Gasteiger partial charge in [-0.1, -0.05) is 42.5 Å². The van der Waals surface area contributed by atoms with Crippen LogP contribution in [0.25, 0.3) is 0 Å². The van der Waals surface area contributed by atoms with E-state index in [1.165, 1.54) is 64.8 Å². The van der Waals surface area contributed by atoms with Gasteiger partial charge in [-0.3, -0.25) is 9.10 Å². The van der Waals surface area contributed by atoms with Crippen LogP contribution in [0.15, 0.2) is 77.7 Å². The van der Waals surface area contributed by atoms with Gasteiger partial charge in [0.1, 0.15) is 5.75 Å². The van der Waals surface area contributed by atoms with Crippen molar-refractivity contribution in [3.8, 4) is 5.75 Å². The SMILES string of the molecule is CN(Cc1ccccc1OC(F)(F)F)C(=O)c1cccc(S(=O)(=O)N2CCc3ccccc32)c1. The lowest BCUT2D eigenvalue weighted by Gasteiger charge is -2.22. The zero-order chi connectivity index (χ0) is 24.5. The molecule has 0 saturated carbocycles. The molecule has 0 aliphatic carbocycles. The van der Waals surface area contributed by atoms with E-state index in [-0.39, 0.29) is 22.6 Å². The number of hydrogen-bond donors (Lipinski definition) is 0. The van der Waals surface area contributed by atoms with Crippen molar-refractivity contribution < 1.29 is 31.1 Å². The molecule has 1 amide bonds. The number of nitrogens with zero attached hydrogens (tertiary/aromatic N) is 2. The van der Waals surface area contributed by atoms with E-state index in [1.54, 1.807) is 12.1 Å². The number of rotatable bonds is 6. The molecule has 3 aromatic carbocycles. The number of ether oxygens (including phenoxy) is 1. The third kappa shape index (κ3) is 4.86. The monoisotopic (exact) mass is 490 g/mol. The molecule has 1 aliphatic heterocycles. The Balaban J connectivity index is 1.56. The molecule has 0 radical (unpaired) electrons. The molecule has 178 valence electrons. The van der Waals surface area contributed by atoms with Gasteiger partial charge >= 0.3 is 6.36 Å². The number of alkyl halides is 3. The van der Waals surface area contributed by atoms with Gasteiger partial charge in [-0.2, -0.15) is 0 Å². The van der Waals surface area contributed by atoms with Crippen LogP contribution in [-0.2, 0) is 23.0 Å². The molecule has 0 aromatic heterocycles. The molecule has 4 rings (SSSR count). The van der Waals surface area contributed by atoms with Gasteiger partial charge in [0.05, 0.1) is 10.6 Å². The van der Waals surface area contributed by atoms with Crippen LogP contribution < -0.4 is 9.04 Å². The predicted molar refractivity (Wildman–Crippen MR) is 120 cm³/mol. The lowest BCUT2D eigenvalue weighted by molar-refractivity contribution is -0.275. The highest BCUT2D eigenvalue weighted by Gasteiger charge is 2.33. The summed E-state index contributed by atoms with van der Waals surface area (Å²) in [5, 5.41) is 0. The first-order chi connectivity index (χ1) is 16.1. The first-order valence-electron chi connectivity index (χ1n) is 10.4. The number of fused-ring (bicyclic) bond motifs is 1. The molecular formula is C24H21F3N2O4S. The topological polar surface area (TPSA) is 66.9 Å². The highest BCUT2D eigenvalue weighted by Crippen LogP contribution is 2.33. The van der Waals surface area contributed by atoms with E-state index in [9.17, 15) is 26.4 Å². The molecule has 0 bridgehead atoms. The fourth-order valence-electron chi connectivity index (χ4n) is 3.88. The molecule has 0 fully saturated rings. The summed E-state index contributed by atoms with van der Waals surface area (Å²) in [5.41, 5.74) is 1.80. The third-order valence-corrected chi connectivity index (χ3v) is 7.28. The van der Waals surface area contributed by atoms with Crippen LogP contribution in [-0.4, -0.2) is 39.2 Å². The molecule has 10 heteroatoms. The number of anilines is 1. The van der Waals surface area contributed by atoms with Crippen LogP contribution in [0.1, 0.15) is 21.5 Å². The first-order valence-corrected chi connectivity index (χ1v) is 11.8. The Morgan fingerprint density at radius 3 is 2.50 bits per heavy atom. The fourth-order valence-corrected chi connectivity index (χ4v) is 5.43. The highest BCUT2D eigenvalue weighted by molar-refractivity contribution is 7.92. The fraction of sp³-hybridized carbons (Fsp3) is 0.208. The molecule has 34 heavy (non-hydrogen) atoms. The Bertz CT molecular complexity index is 1330. The van der Waals surface area contributed by atoms with E-state index in [2.05, 4.69) is 4.74 Å². The smallest absolute Gasteiger partial charge is 0.405 e. The molecule has 0 saturated heterocycles. The van der Waals surface area contributed by atoms with E-state index >= 15 is 0 Å². The number of para-hydroxylation sites is 2. The standard InChI is InChI=1S/C24H21F3N2O4S/c1-28(16-19-8-3-5-12-22(19)33-24(25,26)27)23(30)18-9-6-10-20(15-18)34(31,32)29-14-13-17-7-2-4-11-21(17)29/h2-12,15H,13-14,16H2,1H3. The lowest BCUT2D eigenvalue weighted by atomic mass is 10.1. The molecule has 0 spiro atoms. The summed E-state index contributed by atoms with van der Waals surface area (Å²) in [6.45, 7) is 0.136. The second-order valence-corrected chi connectivity index (χ2v) is 9.66. The summed E-state index contributed by atoms with van der Waals surface area (Å²) in [6, 6.07) is 18.4. The third-order valence-electron chi connectivity index (χ3n) is 5.47. The van der Waals surface area contributed by atoms with Crippen LogP contribution >= 0.6 is 0 Å². The number of amides is 1. The van der Waals surface area contributed by atoms with Crippen molar-refractivity contribution in [3.05, 3.63) is 89.5 Å². The molecule has 3 aromatic rings. The lowest BCUT2D eigenvalue weighted by Crippen LogP contribution is -2.30. The van der Waals surface area contributed by atoms with E-state index in [0.29, 0.717) is 18.7 Å². The summed E-state index contributed by atoms with van der Waals surface area (Å²) in [6.07, 6.45) is -4.27. The average molecular weight is 491 g/mol. The summed E-state index contributed by atoms with van der Waals surface area (Å²) in [4.78, 5) is 14.2. The number of hydrogen-bond acceptors (Lipinski definition) is 4. The molecule has 1 heterocycles. The molecule has 0 N–H and O–H groups in total. The average Bonchev–Trinajstić information content (AvgIpc) is 3.24.